The summed E-state index contributed by atoms with van der Waals surface area (Å²) < 4.78 is 0. The highest BCUT2D eigenvalue weighted by molar-refractivity contribution is 5.75. The Morgan fingerprint density at radius 3 is 2.28 bits per heavy atom. The van der Waals surface area contributed by atoms with Gasteiger partial charge in [0.25, 0.3) is 0 Å². The van der Waals surface area contributed by atoms with Gasteiger partial charge in [0.1, 0.15) is 0 Å². The predicted molar refractivity (Wildman–Crippen MR) is 70.6 cm³/mol. The van der Waals surface area contributed by atoms with Crippen LogP contribution in [-0.2, 0) is 11.3 Å². The number of pyridine rings is 1. The number of hydrogen-bond acceptors (Lipinski definition) is 3. The molecule has 0 aliphatic rings. The van der Waals surface area contributed by atoms with Gasteiger partial charge in [-0.1, -0.05) is 24.3 Å². The number of carbonyl (C=O) groups is 1. The predicted octanol–water partition coefficient (Wildman–Crippen LogP) is 1.32. The lowest BCUT2D eigenvalue weighted by molar-refractivity contribution is -0.117. The summed E-state index contributed by atoms with van der Waals surface area (Å²) in [5, 5.41) is 2.98. The van der Waals surface area contributed by atoms with Crippen LogP contribution in [-0.4, -0.2) is 17.4 Å². The number of nitrogens with one attached hydrogen (secondary N) is 1. The first-order valence-electron chi connectivity index (χ1n) is 5.74. The maximum Gasteiger partial charge on any atom is 0.231 e. The molecule has 0 saturated carbocycles. The van der Waals surface area contributed by atoms with E-state index in [0.29, 0.717) is 6.54 Å². The van der Waals surface area contributed by atoms with Crippen LogP contribution in [0, 0.1) is 0 Å². The Morgan fingerprint density at radius 2 is 1.67 bits per heavy atom. The lowest BCUT2D eigenvalue weighted by Gasteiger charge is -2.05. The number of benzene rings is 1. The topological polar surface area (TPSA) is 68.0 Å². The Balaban J connectivity index is 2.00. The van der Waals surface area contributed by atoms with E-state index in [4.69, 9.17) is 5.73 Å². The van der Waals surface area contributed by atoms with E-state index in [0.717, 1.165) is 16.7 Å². The van der Waals surface area contributed by atoms with Crippen molar-refractivity contribution in [3.63, 3.8) is 0 Å². The van der Waals surface area contributed by atoms with Gasteiger partial charge in [0.2, 0.25) is 5.91 Å². The normalized spacial score (nSPS) is 10.2. The summed E-state index contributed by atoms with van der Waals surface area (Å²) >= 11 is 0. The van der Waals surface area contributed by atoms with Crippen molar-refractivity contribution in [2.45, 2.75) is 6.54 Å². The smallest absolute Gasteiger partial charge is 0.231 e. The molecule has 4 heteroatoms. The van der Waals surface area contributed by atoms with Crippen LogP contribution in [0.15, 0.2) is 48.8 Å². The molecule has 18 heavy (non-hydrogen) atoms. The van der Waals surface area contributed by atoms with Crippen LogP contribution in [0.2, 0.25) is 0 Å². The average molecular weight is 241 g/mol. The van der Waals surface area contributed by atoms with Crippen LogP contribution < -0.4 is 11.1 Å². The van der Waals surface area contributed by atoms with E-state index in [1.54, 1.807) is 12.4 Å². The van der Waals surface area contributed by atoms with Gasteiger partial charge in [0.05, 0.1) is 6.54 Å². The largest absolute Gasteiger partial charge is 0.369 e. The Hall–Kier alpha value is -2.20. The molecule has 1 heterocycles. The van der Waals surface area contributed by atoms with Gasteiger partial charge in [-0.15, -0.1) is 0 Å². The molecule has 0 aliphatic carbocycles. The Morgan fingerprint density at radius 1 is 1.06 bits per heavy atom. The lowest BCUT2D eigenvalue weighted by atomic mass is 10.1. The minimum atomic E-state index is -0.344. The van der Waals surface area contributed by atoms with E-state index < -0.39 is 0 Å². The molecule has 2 aromatic rings. The van der Waals surface area contributed by atoms with Crippen molar-refractivity contribution in [3.8, 4) is 11.1 Å². The van der Waals surface area contributed by atoms with Gasteiger partial charge in [0.15, 0.2) is 0 Å². The van der Waals surface area contributed by atoms with Crippen molar-refractivity contribution < 1.29 is 4.79 Å². The summed E-state index contributed by atoms with van der Waals surface area (Å²) in [6, 6.07) is 12.1. The molecule has 0 spiro atoms. The summed E-state index contributed by atoms with van der Waals surface area (Å²) in [6.07, 6.45) is 3.55. The first kappa shape index (κ1) is 12.3. The summed E-state index contributed by atoms with van der Waals surface area (Å²) in [6.45, 7) is 0.839. The van der Waals surface area contributed by atoms with Gasteiger partial charge in [0, 0.05) is 18.9 Å². The minimum Gasteiger partial charge on any atom is -0.369 e. The van der Waals surface area contributed by atoms with Crippen molar-refractivity contribution in [3.05, 3.63) is 54.4 Å². The summed E-state index contributed by atoms with van der Waals surface area (Å²) in [5.74, 6) is -0.344. The number of rotatable bonds is 5. The molecule has 1 aromatic carbocycles. The van der Waals surface area contributed by atoms with Gasteiger partial charge >= 0.3 is 0 Å². The zero-order valence-corrected chi connectivity index (χ0v) is 9.97. The maximum atomic E-state index is 10.6. The fourth-order valence-corrected chi connectivity index (χ4v) is 1.69. The number of primary amides is 1. The third-order valence-corrected chi connectivity index (χ3v) is 2.60. The number of amides is 1. The Kier molecular flexibility index (Phi) is 4.04. The van der Waals surface area contributed by atoms with Crippen molar-refractivity contribution in [1.82, 2.24) is 10.3 Å². The van der Waals surface area contributed by atoms with Crippen molar-refractivity contribution >= 4 is 5.91 Å². The molecule has 0 aliphatic heterocycles. The van der Waals surface area contributed by atoms with Crippen molar-refractivity contribution in [2.75, 3.05) is 6.54 Å². The second-order valence-corrected chi connectivity index (χ2v) is 4.00. The molecule has 4 nitrogen and oxygen atoms in total. The molecule has 1 aromatic heterocycles. The third-order valence-electron chi connectivity index (χ3n) is 2.60. The molecule has 0 unspecified atom stereocenters. The molecule has 1 amide bonds. The number of carbonyl (C=O) groups excluding carboxylic acids is 1. The second-order valence-electron chi connectivity index (χ2n) is 4.00. The summed E-state index contributed by atoms with van der Waals surface area (Å²) in [4.78, 5) is 14.6. The fraction of sp³-hybridized carbons (Fsp3) is 0.143. The molecular formula is C14H15N3O. The van der Waals surface area contributed by atoms with E-state index in [1.807, 2.05) is 24.3 Å². The highest BCUT2D eigenvalue weighted by atomic mass is 16.1. The molecule has 0 saturated heterocycles. The third kappa shape index (κ3) is 3.40. The van der Waals surface area contributed by atoms with E-state index in [2.05, 4.69) is 22.4 Å². The first-order chi connectivity index (χ1) is 8.75. The number of nitrogens with zero attached hydrogens (tertiary/aromatic N) is 1. The molecule has 3 N–H and O–H groups in total. The number of aromatic nitrogens is 1. The van der Waals surface area contributed by atoms with Crippen molar-refractivity contribution in [2.24, 2.45) is 5.73 Å². The lowest BCUT2D eigenvalue weighted by Crippen LogP contribution is -2.28. The second kappa shape index (κ2) is 5.93. The maximum absolute atomic E-state index is 10.6. The molecule has 0 fully saturated rings. The zero-order valence-electron chi connectivity index (χ0n) is 9.97. The van der Waals surface area contributed by atoms with Crippen LogP contribution in [0.3, 0.4) is 0 Å². The van der Waals surface area contributed by atoms with Gasteiger partial charge in [-0.3, -0.25) is 9.78 Å². The van der Waals surface area contributed by atoms with Crippen LogP contribution in [0.4, 0.5) is 0 Å². The fourth-order valence-electron chi connectivity index (χ4n) is 1.69. The SMILES string of the molecule is NC(=O)CNCc1ccc(-c2ccncc2)cc1. The minimum absolute atomic E-state index is 0.201. The summed E-state index contributed by atoms with van der Waals surface area (Å²) in [7, 11) is 0. The van der Waals surface area contributed by atoms with Gasteiger partial charge < -0.3 is 11.1 Å². The Labute approximate surface area is 106 Å². The Bertz CT molecular complexity index is 508. The van der Waals surface area contributed by atoms with Gasteiger partial charge in [-0.05, 0) is 28.8 Å². The molecule has 92 valence electrons. The van der Waals surface area contributed by atoms with E-state index in [1.165, 1.54) is 0 Å². The number of hydrogen-bond donors (Lipinski definition) is 2. The highest BCUT2D eigenvalue weighted by Crippen LogP contribution is 2.18. The van der Waals surface area contributed by atoms with Crippen molar-refractivity contribution in [1.29, 1.82) is 0 Å². The molecular weight excluding hydrogens is 226 g/mol. The molecule has 0 radical (unpaired) electrons. The molecule has 2 rings (SSSR count). The van der Waals surface area contributed by atoms with Crippen LogP contribution in [0.5, 0.6) is 0 Å². The zero-order chi connectivity index (χ0) is 12.8. The average Bonchev–Trinajstić information content (AvgIpc) is 2.40. The monoisotopic (exact) mass is 241 g/mol. The number of nitrogens with two attached hydrogens (primary N) is 1. The quantitative estimate of drug-likeness (QED) is 0.829. The molecule has 0 bridgehead atoms. The first-order valence-corrected chi connectivity index (χ1v) is 5.74. The van der Waals surface area contributed by atoms with Crippen LogP contribution in [0.1, 0.15) is 5.56 Å². The standard InChI is InChI=1S/C14H15N3O/c15-14(18)10-17-9-11-1-3-12(4-2-11)13-5-7-16-8-6-13/h1-8,17H,9-10H2,(H2,15,18). The summed E-state index contributed by atoms with van der Waals surface area (Å²) in [5.41, 5.74) is 8.46. The van der Waals surface area contributed by atoms with Crippen LogP contribution in [0.25, 0.3) is 11.1 Å². The van der Waals surface area contributed by atoms with E-state index >= 15 is 0 Å². The van der Waals surface area contributed by atoms with E-state index in [-0.39, 0.29) is 12.5 Å². The van der Waals surface area contributed by atoms with E-state index in [9.17, 15) is 4.79 Å². The van der Waals surface area contributed by atoms with Gasteiger partial charge in [-0.2, -0.15) is 0 Å². The van der Waals surface area contributed by atoms with Gasteiger partial charge in [-0.25, -0.2) is 0 Å². The molecule has 0 atom stereocenters. The highest BCUT2D eigenvalue weighted by Gasteiger charge is 1.98. The van der Waals surface area contributed by atoms with Crippen LogP contribution >= 0.6 is 0 Å².